The van der Waals surface area contributed by atoms with Crippen molar-refractivity contribution in [2.45, 2.75) is 13.0 Å². The van der Waals surface area contributed by atoms with Crippen molar-refractivity contribution in [3.63, 3.8) is 0 Å². The summed E-state index contributed by atoms with van der Waals surface area (Å²) in [5, 5.41) is 15.5. The first kappa shape index (κ1) is 20.3. The van der Waals surface area contributed by atoms with Gasteiger partial charge in [-0.15, -0.1) is 11.3 Å². The molecule has 3 aromatic rings. The highest BCUT2D eigenvalue weighted by molar-refractivity contribution is 7.14. The number of nitro benzene ring substituents is 1. The molecule has 10 nitrogen and oxygen atoms in total. The second-order valence-electron chi connectivity index (χ2n) is 6.45. The van der Waals surface area contributed by atoms with E-state index in [1.165, 1.54) is 31.2 Å². The molecule has 1 amide bonds. The maximum Gasteiger partial charge on any atom is 0.339 e. The highest BCUT2D eigenvalue weighted by Gasteiger charge is 2.22. The van der Waals surface area contributed by atoms with Crippen LogP contribution in [-0.2, 0) is 9.53 Å². The number of carbonyl (C=O) groups excluding carboxylic acids is 2. The zero-order chi connectivity index (χ0) is 22.0. The molecule has 4 rings (SSSR count). The van der Waals surface area contributed by atoms with Gasteiger partial charge in [0.25, 0.3) is 11.6 Å². The monoisotopic (exact) mass is 441 g/mol. The van der Waals surface area contributed by atoms with Crippen LogP contribution in [0, 0.1) is 10.1 Å². The lowest BCUT2D eigenvalue weighted by atomic mass is 10.1. The molecule has 0 saturated heterocycles. The van der Waals surface area contributed by atoms with Crippen molar-refractivity contribution in [3.05, 3.63) is 63.5 Å². The summed E-state index contributed by atoms with van der Waals surface area (Å²) in [6.07, 6.45) is -1.08. The predicted molar refractivity (Wildman–Crippen MR) is 110 cm³/mol. The first-order valence-electron chi connectivity index (χ1n) is 9.02. The van der Waals surface area contributed by atoms with Gasteiger partial charge in [-0.1, -0.05) is 12.1 Å². The number of nitrogens with one attached hydrogen (secondary N) is 1. The smallest absolute Gasteiger partial charge is 0.339 e. The van der Waals surface area contributed by atoms with Crippen molar-refractivity contribution in [3.8, 4) is 22.8 Å². The Bertz CT molecular complexity index is 1180. The number of rotatable bonds is 6. The molecule has 0 spiro atoms. The Morgan fingerprint density at radius 1 is 1.23 bits per heavy atom. The van der Waals surface area contributed by atoms with Crippen molar-refractivity contribution in [2.24, 2.45) is 0 Å². The molecule has 2 heterocycles. The van der Waals surface area contributed by atoms with Crippen molar-refractivity contribution in [1.29, 1.82) is 0 Å². The third kappa shape index (κ3) is 4.46. The van der Waals surface area contributed by atoms with Gasteiger partial charge in [0.05, 0.1) is 16.2 Å². The fraction of sp³-hybridized carbons (Fsp3) is 0.150. The molecule has 0 saturated carbocycles. The number of fused-ring (bicyclic) bond motifs is 1. The second kappa shape index (κ2) is 8.40. The van der Waals surface area contributed by atoms with E-state index in [1.54, 1.807) is 23.6 Å². The van der Waals surface area contributed by atoms with E-state index in [-0.39, 0.29) is 23.2 Å². The van der Waals surface area contributed by atoms with Crippen LogP contribution in [0.3, 0.4) is 0 Å². The number of amides is 1. The Kier molecular flexibility index (Phi) is 5.50. The van der Waals surface area contributed by atoms with Crippen LogP contribution in [0.5, 0.6) is 11.5 Å². The number of thiazole rings is 1. The molecule has 1 unspecified atom stereocenters. The highest BCUT2D eigenvalue weighted by atomic mass is 32.1. The molecule has 11 heteroatoms. The number of nitro groups is 1. The van der Waals surface area contributed by atoms with Gasteiger partial charge in [0, 0.05) is 23.1 Å². The number of aromatic nitrogens is 1. The number of ether oxygens (including phenoxy) is 3. The molecule has 1 N–H and O–H groups in total. The Labute approximate surface area is 179 Å². The van der Waals surface area contributed by atoms with Crippen LogP contribution in [0.4, 0.5) is 10.8 Å². The van der Waals surface area contributed by atoms with Gasteiger partial charge in [0.15, 0.2) is 22.7 Å². The first-order chi connectivity index (χ1) is 14.9. The predicted octanol–water partition coefficient (Wildman–Crippen LogP) is 3.63. The zero-order valence-electron chi connectivity index (χ0n) is 16.1. The third-order valence-corrected chi connectivity index (χ3v) is 5.11. The standard InChI is InChI=1S/C20H15N3O7S/c1-11(30-19(25)13-5-6-16-17(8-13)29-10-28-16)18(24)22-20-21-15(9-31-20)12-3-2-4-14(7-12)23(26)27/h2-9,11H,10H2,1H3,(H,21,22,24). The summed E-state index contributed by atoms with van der Waals surface area (Å²) in [5.41, 5.74) is 1.20. The maximum atomic E-state index is 12.4. The molecule has 0 fully saturated rings. The SMILES string of the molecule is CC(OC(=O)c1ccc2c(c1)OCO2)C(=O)Nc1nc(-c2cccc([N+](=O)[O-])c2)cs1. The van der Waals surface area contributed by atoms with Crippen molar-refractivity contribution in [1.82, 2.24) is 4.98 Å². The zero-order valence-corrected chi connectivity index (χ0v) is 16.9. The minimum atomic E-state index is -1.08. The van der Waals surface area contributed by atoms with Gasteiger partial charge < -0.3 is 14.2 Å². The van der Waals surface area contributed by atoms with Crippen LogP contribution in [0.25, 0.3) is 11.3 Å². The molecule has 1 atom stereocenters. The Morgan fingerprint density at radius 3 is 2.84 bits per heavy atom. The fourth-order valence-corrected chi connectivity index (χ4v) is 3.48. The van der Waals surface area contributed by atoms with Gasteiger partial charge in [-0.25, -0.2) is 9.78 Å². The minimum Gasteiger partial charge on any atom is -0.454 e. The number of nitrogens with zero attached hydrogens (tertiary/aromatic N) is 2. The van der Waals surface area contributed by atoms with E-state index in [0.29, 0.717) is 22.8 Å². The average Bonchev–Trinajstić information content (AvgIpc) is 3.42. The fourth-order valence-electron chi connectivity index (χ4n) is 2.76. The van der Waals surface area contributed by atoms with E-state index in [2.05, 4.69) is 10.3 Å². The van der Waals surface area contributed by atoms with Crippen LogP contribution in [0.1, 0.15) is 17.3 Å². The molecule has 0 bridgehead atoms. The molecule has 1 aliphatic heterocycles. The number of anilines is 1. The lowest BCUT2D eigenvalue weighted by Crippen LogP contribution is -2.29. The number of benzene rings is 2. The number of hydrogen-bond donors (Lipinski definition) is 1. The molecule has 0 radical (unpaired) electrons. The molecule has 1 aliphatic rings. The van der Waals surface area contributed by atoms with E-state index in [0.717, 1.165) is 11.3 Å². The van der Waals surface area contributed by atoms with Gasteiger partial charge in [0.1, 0.15) is 0 Å². The minimum absolute atomic E-state index is 0.0554. The lowest BCUT2D eigenvalue weighted by Gasteiger charge is -2.12. The highest BCUT2D eigenvalue weighted by Crippen LogP contribution is 2.33. The van der Waals surface area contributed by atoms with E-state index in [9.17, 15) is 19.7 Å². The van der Waals surface area contributed by atoms with Gasteiger partial charge in [-0.3, -0.25) is 20.2 Å². The molecular weight excluding hydrogens is 426 g/mol. The largest absolute Gasteiger partial charge is 0.454 e. The Hall–Kier alpha value is -3.99. The maximum absolute atomic E-state index is 12.4. The van der Waals surface area contributed by atoms with Gasteiger partial charge in [-0.2, -0.15) is 0 Å². The van der Waals surface area contributed by atoms with E-state index < -0.39 is 22.9 Å². The van der Waals surface area contributed by atoms with Crippen LogP contribution in [0.2, 0.25) is 0 Å². The van der Waals surface area contributed by atoms with E-state index >= 15 is 0 Å². The molecular formula is C20H15N3O7S. The molecule has 0 aliphatic carbocycles. The van der Waals surface area contributed by atoms with E-state index in [4.69, 9.17) is 14.2 Å². The topological polar surface area (TPSA) is 130 Å². The normalized spacial score (nSPS) is 12.8. The summed E-state index contributed by atoms with van der Waals surface area (Å²) in [6.45, 7) is 1.52. The van der Waals surface area contributed by atoms with Crippen LogP contribution < -0.4 is 14.8 Å². The summed E-state index contributed by atoms with van der Waals surface area (Å²) in [7, 11) is 0. The Balaban J connectivity index is 1.39. The number of non-ortho nitro benzene ring substituents is 1. The molecule has 158 valence electrons. The van der Waals surface area contributed by atoms with Crippen molar-refractivity contribution >= 4 is 34.0 Å². The van der Waals surface area contributed by atoms with Gasteiger partial charge in [0.2, 0.25) is 6.79 Å². The quantitative estimate of drug-likeness (QED) is 0.349. The van der Waals surface area contributed by atoms with Gasteiger partial charge >= 0.3 is 5.97 Å². The van der Waals surface area contributed by atoms with E-state index in [1.807, 2.05) is 0 Å². The first-order valence-corrected chi connectivity index (χ1v) is 9.90. The van der Waals surface area contributed by atoms with Crippen molar-refractivity contribution in [2.75, 3.05) is 12.1 Å². The number of esters is 1. The third-order valence-electron chi connectivity index (χ3n) is 4.35. The van der Waals surface area contributed by atoms with Crippen LogP contribution in [-0.4, -0.2) is 34.7 Å². The Morgan fingerprint density at radius 2 is 2.03 bits per heavy atom. The number of hydrogen-bond acceptors (Lipinski definition) is 9. The molecule has 31 heavy (non-hydrogen) atoms. The molecule has 1 aromatic heterocycles. The van der Waals surface area contributed by atoms with Crippen LogP contribution in [0.15, 0.2) is 47.8 Å². The number of carbonyl (C=O) groups is 2. The summed E-state index contributed by atoms with van der Waals surface area (Å²) in [4.78, 5) is 39.4. The van der Waals surface area contributed by atoms with Gasteiger partial charge in [-0.05, 0) is 25.1 Å². The lowest BCUT2D eigenvalue weighted by molar-refractivity contribution is -0.384. The summed E-state index contributed by atoms with van der Waals surface area (Å²) in [5.74, 6) is -0.278. The second-order valence-corrected chi connectivity index (χ2v) is 7.31. The van der Waals surface area contributed by atoms with Crippen LogP contribution >= 0.6 is 11.3 Å². The average molecular weight is 441 g/mol. The molecule has 2 aromatic carbocycles. The summed E-state index contributed by atoms with van der Waals surface area (Å²) in [6, 6.07) is 10.6. The summed E-state index contributed by atoms with van der Waals surface area (Å²) >= 11 is 1.15. The van der Waals surface area contributed by atoms with Crippen molar-refractivity contribution < 1.29 is 28.7 Å². The summed E-state index contributed by atoms with van der Waals surface area (Å²) < 4.78 is 15.6.